The molecule has 3 aromatic rings. The van der Waals surface area contributed by atoms with E-state index in [-0.39, 0.29) is 5.91 Å². The summed E-state index contributed by atoms with van der Waals surface area (Å²) in [6.45, 7) is 5.69. The largest absolute Gasteiger partial charge is 0.377 e. The minimum Gasteiger partial charge on any atom is -0.377 e. The second-order valence-electron chi connectivity index (χ2n) is 9.93. The number of ether oxygens (including phenoxy) is 1. The first-order chi connectivity index (χ1) is 17.2. The van der Waals surface area contributed by atoms with E-state index < -0.39 is 0 Å². The first kappa shape index (κ1) is 22.2. The summed E-state index contributed by atoms with van der Waals surface area (Å²) in [5.41, 5.74) is 5.85. The zero-order valence-corrected chi connectivity index (χ0v) is 20.1. The summed E-state index contributed by atoms with van der Waals surface area (Å²) in [6, 6.07) is 9.28. The van der Waals surface area contributed by atoms with Crippen LogP contribution < -0.4 is 15.5 Å². The number of carbonyl (C=O) groups excluding carboxylic acids is 1. The number of hydrogen-bond acceptors (Lipinski definition) is 6. The standard InChI is InChI=1S/C27H32N6O2/c1-18-2-3-19(27(34)31-21-4-5-21)10-26(18)20-12-30-32(15-20)23-11-24(14-29-13-23)33(25-16-35-17-25)22-6-8-28-9-7-22/h2-3,10-15,21-22,25,28H,4-9,16-17H2,1H3,(H,31,34). The molecule has 0 radical (unpaired) electrons. The monoisotopic (exact) mass is 472 g/mol. The van der Waals surface area contributed by atoms with E-state index in [0.29, 0.717) is 23.7 Å². The Hall–Kier alpha value is -3.23. The third-order valence-electron chi connectivity index (χ3n) is 7.29. The van der Waals surface area contributed by atoms with Crippen molar-refractivity contribution in [3.05, 3.63) is 60.2 Å². The molecular formula is C27H32N6O2. The molecular weight excluding hydrogens is 440 g/mol. The molecule has 35 heavy (non-hydrogen) atoms. The molecule has 1 aromatic carbocycles. The third kappa shape index (κ3) is 4.68. The average molecular weight is 473 g/mol. The highest BCUT2D eigenvalue weighted by molar-refractivity contribution is 5.96. The number of nitrogens with one attached hydrogen (secondary N) is 2. The van der Waals surface area contributed by atoms with Crippen LogP contribution in [0.3, 0.4) is 0 Å². The van der Waals surface area contributed by atoms with E-state index in [4.69, 9.17) is 4.74 Å². The number of nitrogens with zero attached hydrogens (tertiary/aromatic N) is 4. The summed E-state index contributed by atoms with van der Waals surface area (Å²) in [4.78, 5) is 19.7. The van der Waals surface area contributed by atoms with Gasteiger partial charge in [-0.3, -0.25) is 9.78 Å². The van der Waals surface area contributed by atoms with Gasteiger partial charge < -0.3 is 20.3 Å². The number of aryl methyl sites for hydroxylation is 1. The molecule has 3 aliphatic rings. The molecule has 0 unspecified atom stereocenters. The molecule has 2 aliphatic heterocycles. The minimum absolute atomic E-state index is 0.00368. The molecule has 8 nitrogen and oxygen atoms in total. The van der Waals surface area contributed by atoms with Crippen molar-refractivity contribution in [2.45, 2.75) is 50.7 Å². The third-order valence-corrected chi connectivity index (χ3v) is 7.29. The fourth-order valence-corrected chi connectivity index (χ4v) is 5.04. The smallest absolute Gasteiger partial charge is 0.251 e. The van der Waals surface area contributed by atoms with Crippen molar-refractivity contribution in [2.75, 3.05) is 31.2 Å². The van der Waals surface area contributed by atoms with E-state index in [1.807, 2.05) is 47.7 Å². The molecule has 1 amide bonds. The first-order valence-corrected chi connectivity index (χ1v) is 12.6. The van der Waals surface area contributed by atoms with Gasteiger partial charge in [0.1, 0.15) is 0 Å². The van der Waals surface area contributed by atoms with Crippen molar-refractivity contribution in [2.24, 2.45) is 0 Å². The lowest BCUT2D eigenvalue weighted by molar-refractivity contribution is 0.00363. The number of anilines is 1. The molecule has 8 heteroatoms. The molecule has 4 heterocycles. The van der Waals surface area contributed by atoms with Crippen LogP contribution in [-0.2, 0) is 4.74 Å². The number of pyridine rings is 1. The molecule has 1 aliphatic carbocycles. The first-order valence-electron chi connectivity index (χ1n) is 12.6. The topological polar surface area (TPSA) is 84.3 Å². The predicted octanol–water partition coefficient (Wildman–Crippen LogP) is 3.09. The molecule has 2 N–H and O–H groups in total. The fourth-order valence-electron chi connectivity index (χ4n) is 5.04. The SMILES string of the molecule is Cc1ccc(C(=O)NC2CC2)cc1-c1cnn(-c2cncc(N(C3CCNCC3)C3COC3)c2)c1. The molecule has 3 fully saturated rings. The van der Waals surface area contributed by atoms with E-state index in [9.17, 15) is 4.79 Å². The summed E-state index contributed by atoms with van der Waals surface area (Å²) in [7, 11) is 0. The van der Waals surface area contributed by atoms with E-state index in [1.165, 1.54) is 0 Å². The van der Waals surface area contributed by atoms with Gasteiger partial charge in [-0.15, -0.1) is 0 Å². The molecule has 0 atom stereocenters. The lowest BCUT2D eigenvalue weighted by Gasteiger charge is -2.45. The maximum absolute atomic E-state index is 12.6. The molecule has 0 bridgehead atoms. The Kier molecular flexibility index (Phi) is 6.00. The van der Waals surface area contributed by atoms with Gasteiger partial charge in [-0.1, -0.05) is 6.07 Å². The summed E-state index contributed by atoms with van der Waals surface area (Å²) in [5.74, 6) is -0.00368. The van der Waals surface area contributed by atoms with Crippen molar-refractivity contribution < 1.29 is 9.53 Å². The molecule has 182 valence electrons. The molecule has 2 saturated heterocycles. The highest BCUT2D eigenvalue weighted by atomic mass is 16.5. The fraction of sp³-hybridized carbons (Fsp3) is 0.444. The second-order valence-corrected chi connectivity index (χ2v) is 9.93. The van der Waals surface area contributed by atoms with Gasteiger partial charge in [-0.05, 0) is 75.0 Å². The minimum atomic E-state index is -0.00368. The number of rotatable bonds is 7. The van der Waals surface area contributed by atoms with Gasteiger partial charge in [0.05, 0.1) is 49.2 Å². The zero-order chi connectivity index (χ0) is 23.8. The summed E-state index contributed by atoms with van der Waals surface area (Å²) in [5, 5.41) is 11.2. The van der Waals surface area contributed by atoms with Crippen molar-refractivity contribution in [3.63, 3.8) is 0 Å². The number of carbonyl (C=O) groups is 1. The normalized spacial score (nSPS) is 18.8. The van der Waals surface area contributed by atoms with Crippen LogP contribution in [-0.4, -0.2) is 65.1 Å². The summed E-state index contributed by atoms with van der Waals surface area (Å²) < 4.78 is 7.41. The molecule has 2 aromatic heterocycles. The molecule has 6 rings (SSSR count). The number of aromatic nitrogens is 3. The number of hydrogen-bond donors (Lipinski definition) is 2. The number of benzene rings is 1. The van der Waals surface area contributed by atoms with E-state index in [0.717, 1.165) is 80.1 Å². The van der Waals surface area contributed by atoms with Crippen molar-refractivity contribution in [3.8, 4) is 16.8 Å². The molecule has 1 saturated carbocycles. The van der Waals surface area contributed by atoms with Crippen LogP contribution in [0.1, 0.15) is 41.6 Å². The van der Waals surface area contributed by atoms with Gasteiger partial charge in [-0.25, -0.2) is 4.68 Å². The zero-order valence-electron chi connectivity index (χ0n) is 20.1. The Balaban J connectivity index is 1.27. The van der Waals surface area contributed by atoms with Crippen LogP contribution in [0.5, 0.6) is 0 Å². The number of piperidine rings is 1. The van der Waals surface area contributed by atoms with Crippen LogP contribution in [0.4, 0.5) is 5.69 Å². The van der Waals surface area contributed by atoms with E-state index in [1.54, 1.807) is 0 Å². The Labute approximate surface area is 205 Å². The summed E-state index contributed by atoms with van der Waals surface area (Å²) >= 11 is 0. The Morgan fingerprint density at radius 1 is 1.09 bits per heavy atom. The average Bonchev–Trinajstić information content (AvgIpc) is 3.53. The van der Waals surface area contributed by atoms with Gasteiger partial charge in [0, 0.05) is 29.4 Å². The number of amides is 1. The van der Waals surface area contributed by atoms with Gasteiger partial charge >= 0.3 is 0 Å². The lowest BCUT2D eigenvalue weighted by atomic mass is 10.00. The summed E-state index contributed by atoms with van der Waals surface area (Å²) in [6.07, 6.45) is 12.1. The van der Waals surface area contributed by atoms with Crippen LogP contribution in [0, 0.1) is 6.92 Å². The quantitative estimate of drug-likeness (QED) is 0.550. The van der Waals surface area contributed by atoms with Gasteiger partial charge in [-0.2, -0.15) is 5.10 Å². The predicted molar refractivity (Wildman–Crippen MR) is 135 cm³/mol. The highest BCUT2D eigenvalue weighted by Crippen LogP contribution is 2.30. The Bertz CT molecular complexity index is 1210. The maximum atomic E-state index is 12.6. The van der Waals surface area contributed by atoms with Crippen LogP contribution in [0.25, 0.3) is 16.8 Å². The van der Waals surface area contributed by atoms with E-state index in [2.05, 4.69) is 38.6 Å². The Morgan fingerprint density at radius 3 is 2.66 bits per heavy atom. The van der Waals surface area contributed by atoms with Crippen molar-refractivity contribution in [1.82, 2.24) is 25.4 Å². The second kappa shape index (κ2) is 9.43. The van der Waals surface area contributed by atoms with Crippen molar-refractivity contribution >= 4 is 11.6 Å². The lowest BCUT2D eigenvalue weighted by Crippen LogP contribution is -2.56. The van der Waals surface area contributed by atoms with Gasteiger partial charge in [0.25, 0.3) is 5.91 Å². The molecule has 0 spiro atoms. The maximum Gasteiger partial charge on any atom is 0.251 e. The van der Waals surface area contributed by atoms with Crippen LogP contribution in [0.2, 0.25) is 0 Å². The van der Waals surface area contributed by atoms with Gasteiger partial charge in [0.2, 0.25) is 0 Å². The Morgan fingerprint density at radius 2 is 1.91 bits per heavy atom. The van der Waals surface area contributed by atoms with Crippen LogP contribution in [0.15, 0.2) is 49.1 Å². The van der Waals surface area contributed by atoms with Gasteiger partial charge in [0.15, 0.2) is 0 Å². The highest BCUT2D eigenvalue weighted by Gasteiger charge is 2.33. The van der Waals surface area contributed by atoms with Crippen molar-refractivity contribution in [1.29, 1.82) is 0 Å². The van der Waals surface area contributed by atoms with E-state index >= 15 is 0 Å². The van der Waals surface area contributed by atoms with Crippen LogP contribution >= 0.6 is 0 Å².